The zero-order valence-electron chi connectivity index (χ0n) is 15.1. The van der Waals surface area contributed by atoms with Gasteiger partial charge in [0, 0.05) is 0 Å². The second kappa shape index (κ2) is 22.9. The molecule has 0 aromatic heterocycles. The molecule has 19 heavy (non-hydrogen) atoms. The maximum absolute atomic E-state index is 2.50. The average molecular weight is 267 g/mol. The summed E-state index contributed by atoms with van der Waals surface area (Å²) < 4.78 is 0. The van der Waals surface area contributed by atoms with Crippen LogP contribution in [0.3, 0.4) is 0 Å². The molecule has 1 heteroatoms. The van der Waals surface area contributed by atoms with Gasteiger partial charge >= 0.3 is 0 Å². The van der Waals surface area contributed by atoms with Crippen LogP contribution in [-0.4, -0.2) is 7.28 Å². The molecule has 1 heterocycles. The normalized spacial score (nSPS) is 23.8. The van der Waals surface area contributed by atoms with Crippen molar-refractivity contribution in [3.8, 4) is 0 Å². The molecule has 0 nitrogen and oxygen atoms in total. The second-order valence-electron chi connectivity index (χ2n) is 4.23. The van der Waals surface area contributed by atoms with Crippen LogP contribution in [0.5, 0.6) is 0 Å². The van der Waals surface area contributed by atoms with Crippen LogP contribution in [0, 0.1) is 5.92 Å². The van der Waals surface area contributed by atoms with E-state index >= 15 is 0 Å². The highest BCUT2D eigenvalue weighted by atomic mass is 14.3. The fraction of sp³-hybridized carbons (Fsp3) is 0.889. The lowest BCUT2D eigenvalue weighted by Crippen LogP contribution is -2.25. The molecule has 2 atom stereocenters. The SMILES string of the molecule is CC.CC.CC.CCC.[B]1C/C=C\CCC2CCC12. The van der Waals surface area contributed by atoms with Gasteiger partial charge in [0.15, 0.2) is 0 Å². The van der Waals surface area contributed by atoms with Crippen molar-refractivity contribution >= 4 is 7.28 Å². The minimum absolute atomic E-state index is 0.991. The first-order valence-electron chi connectivity index (χ1n) is 8.86. The van der Waals surface area contributed by atoms with Gasteiger partial charge in [-0.15, -0.1) is 0 Å². The Balaban J connectivity index is -0.000000244. The predicted octanol–water partition coefficient (Wildman–Crippen LogP) is 7.15. The molecule has 0 spiro atoms. The zero-order valence-corrected chi connectivity index (χ0v) is 15.1. The molecular weight excluding hydrogens is 227 g/mol. The summed E-state index contributed by atoms with van der Waals surface area (Å²) in [5.74, 6) is 2.05. The third-order valence-electron chi connectivity index (χ3n) is 2.92. The lowest BCUT2D eigenvalue weighted by atomic mass is 9.48. The summed E-state index contributed by atoms with van der Waals surface area (Å²) in [4.78, 5) is 0. The van der Waals surface area contributed by atoms with Crippen molar-refractivity contribution in [2.75, 3.05) is 0 Å². The third-order valence-corrected chi connectivity index (χ3v) is 2.92. The molecule has 1 aliphatic heterocycles. The molecular formula is C18H40B. The maximum atomic E-state index is 2.50. The molecule has 0 bridgehead atoms. The Morgan fingerprint density at radius 2 is 1.37 bits per heavy atom. The van der Waals surface area contributed by atoms with Gasteiger partial charge in [-0.2, -0.15) is 0 Å². The van der Waals surface area contributed by atoms with Crippen LogP contribution in [0.25, 0.3) is 0 Å². The van der Waals surface area contributed by atoms with E-state index in [9.17, 15) is 0 Å². The molecule has 115 valence electrons. The van der Waals surface area contributed by atoms with Gasteiger partial charge in [0.25, 0.3) is 0 Å². The minimum atomic E-state index is 0.991. The van der Waals surface area contributed by atoms with Gasteiger partial charge in [-0.25, -0.2) is 0 Å². The van der Waals surface area contributed by atoms with Crippen molar-refractivity contribution in [1.29, 1.82) is 0 Å². The highest BCUT2D eigenvalue weighted by Crippen LogP contribution is 2.43. The quantitative estimate of drug-likeness (QED) is 0.323. The largest absolute Gasteiger partial charge is 0.118 e. The van der Waals surface area contributed by atoms with Crippen LogP contribution in [0.2, 0.25) is 12.1 Å². The van der Waals surface area contributed by atoms with Crippen molar-refractivity contribution in [2.45, 2.75) is 99.6 Å². The van der Waals surface area contributed by atoms with Crippen LogP contribution >= 0.6 is 0 Å². The fourth-order valence-electron chi connectivity index (χ4n) is 2.04. The smallest absolute Gasteiger partial charge is 0.0964 e. The summed E-state index contributed by atoms with van der Waals surface area (Å²) in [6.07, 6.45) is 12.9. The van der Waals surface area contributed by atoms with E-state index in [1.807, 2.05) is 41.5 Å². The summed E-state index contributed by atoms with van der Waals surface area (Å²) in [6.45, 7) is 16.2. The zero-order chi connectivity index (χ0) is 15.5. The van der Waals surface area contributed by atoms with Gasteiger partial charge in [-0.05, 0) is 18.8 Å². The molecule has 2 rings (SSSR count). The molecule has 1 aliphatic carbocycles. The second-order valence-corrected chi connectivity index (χ2v) is 4.23. The van der Waals surface area contributed by atoms with Crippen LogP contribution in [-0.2, 0) is 0 Å². The molecule has 0 amide bonds. The Morgan fingerprint density at radius 1 is 0.842 bits per heavy atom. The summed E-state index contributed by atoms with van der Waals surface area (Å²) in [5.41, 5.74) is 0. The summed E-state index contributed by atoms with van der Waals surface area (Å²) >= 11 is 0. The number of allylic oxidation sites excluding steroid dienone is 2. The van der Waals surface area contributed by atoms with E-state index in [4.69, 9.17) is 0 Å². The van der Waals surface area contributed by atoms with Gasteiger partial charge in [0.1, 0.15) is 7.28 Å². The fourth-order valence-corrected chi connectivity index (χ4v) is 2.04. The standard InChI is InChI=1S/C9H14B.C3H8.3C2H6/c1-2-4-8-5-6-9(8)10-7-3-1;1-3-2;3*1-2/h1,3,8-9H,2,4-7H2;3H2,1-2H3;3*1-2H3/b3-1-;;;;. The molecule has 2 unspecified atom stereocenters. The number of hydrogen-bond donors (Lipinski definition) is 0. The van der Waals surface area contributed by atoms with Gasteiger partial charge in [0.05, 0.1) is 0 Å². The average Bonchev–Trinajstić information content (AvgIpc) is 2.46. The molecule has 2 aliphatic rings. The van der Waals surface area contributed by atoms with Crippen molar-refractivity contribution in [1.82, 2.24) is 0 Å². The number of hydrogen-bond acceptors (Lipinski definition) is 0. The minimum Gasteiger partial charge on any atom is -0.0964 e. The van der Waals surface area contributed by atoms with Gasteiger partial charge in [-0.1, -0.05) is 98.9 Å². The van der Waals surface area contributed by atoms with Crippen molar-refractivity contribution in [2.24, 2.45) is 5.92 Å². The molecule has 1 saturated carbocycles. The summed E-state index contributed by atoms with van der Waals surface area (Å²) in [7, 11) is 2.50. The Bertz CT molecular complexity index is 136. The Morgan fingerprint density at radius 3 is 1.79 bits per heavy atom. The van der Waals surface area contributed by atoms with Gasteiger partial charge in [0.2, 0.25) is 0 Å². The molecule has 0 N–H and O–H groups in total. The number of fused-ring (bicyclic) bond motifs is 1. The van der Waals surface area contributed by atoms with Crippen LogP contribution in [0.15, 0.2) is 12.2 Å². The highest BCUT2D eigenvalue weighted by Gasteiger charge is 2.29. The predicted molar refractivity (Wildman–Crippen MR) is 95.4 cm³/mol. The van der Waals surface area contributed by atoms with E-state index in [0.29, 0.717) is 0 Å². The number of rotatable bonds is 0. The van der Waals surface area contributed by atoms with Gasteiger partial charge in [-0.3, -0.25) is 0 Å². The molecule has 0 aromatic carbocycles. The maximum Gasteiger partial charge on any atom is 0.118 e. The molecule has 1 radical (unpaired) electrons. The Kier molecular flexibility index (Phi) is 28.8. The topological polar surface area (TPSA) is 0 Å². The van der Waals surface area contributed by atoms with E-state index in [0.717, 1.165) is 11.7 Å². The van der Waals surface area contributed by atoms with Gasteiger partial charge < -0.3 is 0 Å². The van der Waals surface area contributed by atoms with E-state index in [1.165, 1.54) is 38.4 Å². The lowest BCUT2D eigenvalue weighted by molar-refractivity contribution is 0.295. The summed E-state index contributed by atoms with van der Waals surface area (Å²) in [5, 5.41) is 0. The Labute approximate surface area is 125 Å². The first kappa shape index (κ1) is 23.9. The van der Waals surface area contributed by atoms with E-state index in [1.54, 1.807) is 0 Å². The third kappa shape index (κ3) is 14.0. The lowest BCUT2D eigenvalue weighted by Gasteiger charge is -2.37. The monoisotopic (exact) mass is 267 g/mol. The van der Waals surface area contributed by atoms with Crippen LogP contribution in [0.1, 0.15) is 87.5 Å². The van der Waals surface area contributed by atoms with E-state index < -0.39 is 0 Å². The Hall–Kier alpha value is -0.195. The highest BCUT2D eigenvalue weighted by molar-refractivity contribution is 6.38. The molecule has 0 saturated heterocycles. The van der Waals surface area contributed by atoms with E-state index in [2.05, 4.69) is 33.3 Å². The van der Waals surface area contributed by atoms with Crippen LogP contribution < -0.4 is 0 Å². The first-order chi connectivity index (χ1) is 9.38. The first-order valence-corrected chi connectivity index (χ1v) is 8.86. The van der Waals surface area contributed by atoms with Crippen LogP contribution in [0.4, 0.5) is 0 Å². The van der Waals surface area contributed by atoms with Crippen molar-refractivity contribution in [3.05, 3.63) is 12.2 Å². The molecule has 1 fully saturated rings. The molecule has 0 aromatic rings. The van der Waals surface area contributed by atoms with E-state index in [-0.39, 0.29) is 0 Å². The van der Waals surface area contributed by atoms with Crippen molar-refractivity contribution in [3.63, 3.8) is 0 Å². The summed E-state index contributed by atoms with van der Waals surface area (Å²) in [6, 6.07) is 0. The van der Waals surface area contributed by atoms with Crippen molar-refractivity contribution < 1.29 is 0 Å².